The number of ketones is 1. The highest BCUT2D eigenvalue weighted by Crippen LogP contribution is 2.38. The zero-order chi connectivity index (χ0) is 18.0. The van der Waals surface area contributed by atoms with Crippen molar-refractivity contribution in [3.8, 4) is 0 Å². The molecule has 0 radical (unpaired) electrons. The lowest BCUT2D eigenvalue weighted by Crippen LogP contribution is -2.33. The fraction of sp³-hybridized carbons (Fsp3) is 0.263. The third-order valence-electron chi connectivity index (χ3n) is 4.16. The average Bonchev–Trinajstić information content (AvgIpc) is 3.16. The van der Waals surface area contributed by atoms with Gasteiger partial charge in [-0.25, -0.2) is 0 Å². The molecule has 6 heteroatoms. The molecule has 130 valence electrons. The van der Waals surface area contributed by atoms with Crippen molar-refractivity contribution in [3.63, 3.8) is 0 Å². The predicted molar refractivity (Wildman–Crippen MR) is 90.2 cm³/mol. The number of furan rings is 1. The third-order valence-corrected chi connectivity index (χ3v) is 4.16. The van der Waals surface area contributed by atoms with Crippen LogP contribution < -0.4 is 0 Å². The number of aryl methyl sites for hydroxylation is 1. The van der Waals surface area contributed by atoms with Crippen LogP contribution in [0.4, 0.5) is 0 Å². The van der Waals surface area contributed by atoms with E-state index in [4.69, 9.17) is 9.15 Å². The molecule has 6 nitrogen and oxygen atoms in total. The number of carbonyl (C=O) groups is 2. The van der Waals surface area contributed by atoms with Crippen LogP contribution in [0.5, 0.6) is 0 Å². The first kappa shape index (κ1) is 17.0. The molecule has 0 aliphatic carbocycles. The van der Waals surface area contributed by atoms with Gasteiger partial charge in [0.15, 0.2) is 11.5 Å². The Kier molecular flexibility index (Phi) is 4.72. The summed E-state index contributed by atoms with van der Waals surface area (Å²) in [5, 5.41) is 10.4. The monoisotopic (exact) mass is 341 g/mol. The summed E-state index contributed by atoms with van der Waals surface area (Å²) in [5.74, 6) is -0.934. The summed E-state index contributed by atoms with van der Waals surface area (Å²) in [6.07, 6.45) is 0. The molecule has 0 fully saturated rings. The van der Waals surface area contributed by atoms with Gasteiger partial charge in [-0.3, -0.25) is 9.59 Å². The smallest absolute Gasteiger partial charge is 0.290 e. The highest BCUT2D eigenvalue weighted by Gasteiger charge is 2.44. The van der Waals surface area contributed by atoms with Crippen LogP contribution in [-0.2, 0) is 9.53 Å². The molecule has 2 heterocycles. The number of aliphatic hydroxyl groups excluding tert-OH is 1. The Hall–Kier alpha value is -2.86. The molecular formula is C19H19NO5. The first-order chi connectivity index (χ1) is 12.0. The molecule has 1 amide bonds. The molecule has 25 heavy (non-hydrogen) atoms. The minimum Gasteiger partial charge on any atom is -0.503 e. The topological polar surface area (TPSA) is 80.0 Å². The summed E-state index contributed by atoms with van der Waals surface area (Å²) in [6, 6.07) is 11.7. The minimum atomic E-state index is -0.679. The molecule has 1 aromatic heterocycles. The van der Waals surface area contributed by atoms with Crippen molar-refractivity contribution >= 4 is 11.7 Å². The summed E-state index contributed by atoms with van der Waals surface area (Å²) in [7, 11) is 1.53. The van der Waals surface area contributed by atoms with Crippen molar-refractivity contribution in [2.24, 2.45) is 0 Å². The molecule has 1 atom stereocenters. The van der Waals surface area contributed by atoms with Gasteiger partial charge in [0, 0.05) is 13.7 Å². The number of hydrogen-bond donors (Lipinski definition) is 1. The van der Waals surface area contributed by atoms with Crippen LogP contribution in [0.2, 0.25) is 0 Å². The summed E-state index contributed by atoms with van der Waals surface area (Å²) in [4.78, 5) is 26.9. The van der Waals surface area contributed by atoms with Gasteiger partial charge in [-0.2, -0.15) is 0 Å². The maximum atomic E-state index is 12.9. The number of methoxy groups -OCH3 is 1. The fourth-order valence-electron chi connectivity index (χ4n) is 2.98. The SMILES string of the molecule is COCCN1C(=O)C(O)=C(C(=O)c2ccc(C)o2)C1c1ccccc1. The predicted octanol–water partition coefficient (Wildman–Crippen LogP) is 2.81. The normalized spacial score (nSPS) is 17.4. The van der Waals surface area contributed by atoms with Crippen molar-refractivity contribution < 1.29 is 23.8 Å². The fourth-order valence-corrected chi connectivity index (χ4v) is 2.98. The van der Waals surface area contributed by atoms with Crippen LogP contribution >= 0.6 is 0 Å². The molecule has 1 aromatic carbocycles. The number of carbonyl (C=O) groups excluding carboxylic acids is 2. The number of Topliss-reactive ketones (excluding diaryl/α,β-unsaturated/α-hetero) is 1. The number of ether oxygens (including phenoxy) is 1. The molecule has 3 rings (SSSR count). The molecule has 0 saturated heterocycles. The van der Waals surface area contributed by atoms with Gasteiger partial charge in [-0.15, -0.1) is 0 Å². The van der Waals surface area contributed by atoms with Crippen LogP contribution in [0.1, 0.15) is 27.9 Å². The Balaban J connectivity index is 2.06. The Labute approximate surface area is 145 Å². The number of hydrogen-bond acceptors (Lipinski definition) is 5. The van der Waals surface area contributed by atoms with Gasteiger partial charge in [-0.05, 0) is 24.6 Å². The summed E-state index contributed by atoms with van der Waals surface area (Å²) in [5.41, 5.74) is 0.768. The Bertz CT molecular complexity index is 821. The summed E-state index contributed by atoms with van der Waals surface area (Å²) >= 11 is 0. The van der Waals surface area contributed by atoms with E-state index < -0.39 is 23.5 Å². The number of aliphatic hydroxyl groups is 1. The van der Waals surface area contributed by atoms with Crippen molar-refractivity contribution in [3.05, 3.63) is 70.9 Å². The van der Waals surface area contributed by atoms with Crippen LogP contribution in [0, 0.1) is 6.92 Å². The second kappa shape index (κ2) is 6.94. The van der Waals surface area contributed by atoms with Crippen LogP contribution in [0.25, 0.3) is 0 Å². The van der Waals surface area contributed by atoms with Crippen LogP contribution in [0.3, 0.4) is 0 Å². The molecule has 0 bridgehead atoms. The average molecular weight is 341 g/mol. The first-order valence-corrected chi connectivity index (χ1v) is 7.93. The molecule has 1 N–H and O–H groups in total. The second-order valence-corrected chi connectivity index (χ2v) is 5.81. The number of nitrogens with zero attached hydrogens (tertiary/aromatic N) is 1. The Morgan fingerprint density at radius 1 is 1.24 bits per heavy atom. The lowest BCUT2D eigenvalue weighted by Gasteiger charge is -2.26. The van der Waals surface area contributed by atoms with E-state index in [2.05, 4.69) is 0 Å². The number of rotatable bonds is 6. The van der Waals surface area contributed by atoms with E-state index in [0.717, 1.165) is 5.56 Å². The Morgan fingerprint density at radius 2 is 1.96 bits per heavy atom. The van der Waals surface area contributed by atoms with Gasteiger partial charge in [0.2, 0.25) is 5.78 Å². The highest BCUT2D eigenvalue weighted by atomic mass is 16.5. The van der Waals surface area contributed by atoms with Gasteiger partial charge >= 0.3 is 0 Å². The van der Waals surface area contributed by atoms with Crippen molar-refractivity contribution in [2.45, 2.75) is 13.0 Å². The molecule has 2 aromatic rings. The van der Waals surface area contributed by atoms with E-state index in [-0.39, 0.29) is 17.9 Å². The van der Waals surface area contributed by atoms with E-state index in [1.807, 2.05) is 30.3 Å². The first-order valence-electron chi connectivity index (χ1n) is 7.93. The molecule has 1 aliphatic heterocycles. The van der Waals surface area contributed by atoms with Crippen molar-refractivity contribution in [1.82, 2.24) is 4.90 Å². The number of amides is 1. The van der Waals surface area contributed by atoms with Crippen LogP contribution in [0.15, 0.2) is 58.2 Å². The zero-order valence-electron chi connectivity index (χ0n) is 14.1. The molecular weight excluding hydrogens is 322 g/mol. The summed E-state index contributed by atoms with van der Waals surface area (Å²) in [6.45, 7) is 2.28. The molecule has 1 unspecified atom stereocenters. The van der Waals surface area contributed by atoms with Gasteiger partial charge in [0.1, 0.15) is 5.76 Å². The second-order valence-electron chi connectivity index (χ2n) is 5.81. The number of benzene rings is 1. The van der Waals surface area contributed by atoms with Crippen molar-refractivity contribution in [2.75, 3.05) is 20.3 Å². The Morgan fingerprint density at radius 3 is 2.56 bits per heavy atom. The lowest BCUT2D eigenvalue weighted by atomic mass is 9.95. The largest absolute Gasteiger partial charge is 0.503 e. The molecule has 1 aliphatic rings. The highest BCUT2D eigenvalue weighted by molar-refractivity contribution is 6.15. The van der Waals surface area contributed by atoms with Gasteiger partial charge in [0.25, 0.3) is 5.91 Å². The van der Waals surface area contributed by atoms with Crippen molar-refractivity contribution in [1.29, 1.82) is 0 Å². The summed E-state index contributed by atoms with van der Waals surface area (Å²) < 4.78 is 10.5. The molecule has 0 saturated carbocycles. The van der Waals surface area contributed by atoms with Gasteiger partial charge in [0.05, 0.1) is 18.2 Å². The van der Waals surface area contributed by atoms with E-state index in [1.54, 1.807) is 19.1 Å². The zero-order valence-corrected chi connectivity index (χ0v) is 14.1. The van der Waals surface area contributed by atoms with Gasteiger partial charge < -0.3 is 19.2 Å². The quantitative estimate of drug-likeness (QED) is 0.817. The van der Waals surface area contributed by atoms with E-state index in [0.29, 0.717) is 12.4 Å². The standard InChI is InChI=1S/C19H19NO5/c1-12-8-9-14(25-12)17(21)15-16(13-6-4-3-5-7-13)20(10-11-24-2)19(23)18(15)22/h3-9,16,22H,10-11H2,1-2H3. The van der Waals surface area contributed by atoms with E-state index in [9.17, 15) is 14.7 Å². The third kappa shape index (κ3) is 3.08. The van der Waals surface area contributed by atoms with Gasteiger partial charge in [-0.1, -0.05) is 30.3 Å². The maximum Gasteiger partial charge on any atom is 0.290 e. The lowest BCUT2D eigenvalue weighted by molar-refractivity contribution is -0.130. The molecule has 0 spiro atoms. The maximum absolute atomic E-state index is 12.9. The van der Waals surface area contributed by atoms with E-state index >= 15 is 0 Å². The van der Waals surface area contributed by atoms with Crippen LogP contribution in [-0.4, -0.2) is 42.0 Å². The van der Waals surface area contributed by atoms with E-state index in [1.165, 1.54) is 12.0 Å². The minimum absolute atomic E-state index is 0.0293.